The molecule has 0 spiro atoms. The van der Waals surface area contributed by atoms with Crippen molar-refractivity contribution in [1.29, 1.82) is 0 Å². The monoisotopic (exact) mass is 432 g/mol. The minimum Gasteiger partial charge on any atom is -0.369 e. The topological polar surface area (TPSA) is 6.48 Å². The number of hydrogen-bond donors (Lipinski definition) is 0. The summed E-state index contributed by atoms with van der Waals surface area (Å²) in [7, 11) is 2.33. The molecule has 0 heterocycles. The average Bonchev–Trinajstić information content (AvgIpc) is 2.79. The van der Waals surface area contributed by atoms with Gasteiger partial charge in [-0.25, -0.2) is 0 Å². The fourth-order valence-corrected chi connectivity index (χ4v) is 6.51. The summed E-state index contributed by atoms with van der Waals surface area (Å²) in [6.07, 6.45) is 12.0. The lowest BCUT2D eigenvalue weighted by Crippen LogP contribution is -2.52. The van der Waals surface area contributed by atoms with Gasteiger partial charge in [-0.2, -0.15) is 0 Å². The molecular formula is C30H44N2. The lowest BCUT2D eigenvalue weighted by Gasteiger charge is -2.50. The first kappa shape index (κ1) is 23.2. The molecule has 2 aliphatic rings. The van der Waals surface area contributed by atoms with Crippen LogP contribution in [0, 0.1) is 19.8 Å². The Labute approximate surface area is 197 Å². The number of benzene rings is 2. The standard InChI is InChI=1S/C30H44N2/c1-24-13-12-14-25(2)28(24)31(5)29(3)21-17-26(18-22-29)23-32(27-15-8-6-9-16-27)30(4)19-10-7-11-20-30/h6,8-9,12-16,26H,7,10-11,17-23H2,1-5H3. The van der Waals surface area contributed by atoms with Crippen molar-refractivity contribution < 1.29 is 0 Å². The highest BCUT2D eigenvalue weighted by atomic mass is 15.2. The Morgan fingerprint density at radius 3 is 1.94 bits per heavy atom. The van der Waals surface area contributed by atoms with Crippen molar-refractivity contribution in [2.45, 2.75) is 96.6 Å². The molecule has 0 unspecified atom stereocenters. The van der Waals surface area contributed by atoms with Gasteiger partial charge in [0.15, 0.2) is 0 Å². The third-order valence-corrected chi connectivity index (χ3v) is 8.86. The lowest BCUT2D eigenvalue weighted by atomic mass is 9.75. The fraction of sp³-hybridized carbons (Fsp3) is 0.600. The van der Waals surface area contributed by atoms with Crippen molar-refractivity contribution in [1.82, 2.24) is 0 Å². The summed E-state index contributed by atoms with van der Waals surface area (Å²) in [6.45, 7) is 10.8. The Balaban J connectivity index is 1.48. The maximum absolute atomic E-state index is 2.80. The number of para-hydroxylation sites is 2. The van der Waals surface area contributed by atoms with Crippen LogP contribution >= 0.6 is 0 Å². The van der Waals surface area contributed by atoms with E-state index in [1.54, 1.807) is 0 Å². The number of nitrogens with zero attached hydrogens (tertiary/aromatic N) is 2. The van der Waals surface area contributed by atoms with Crippen LogP contribution in [0.1, 0.15) is 82.8 Å². The quantitative estimate of drug-likeness (QED) is 0.457. The summed E-state index contributed by atoms with van der Waals surface area (Å²) >= 11 is 0. The highest BCUT2D eigenvalue weighted by molar-refractivity contribution is 5.60. The second-order valence-corrected chi connectivity index (χ2v) is 11.2. The van der Waals surface area contributed by atoms with Crippen LogP contribution in [0.2, 0.25) is 0 Å². The number of aryl methyl sites for hydroxylation is 2. The van der Waals surface area contributed by atoms with Crippen LogP contribution in [-0.4, -0.2) is 24.7 Å². The number of hydrogen-bond acceptors (Lipinski definition) is 2. The predicted octanol–water partition coefficient (Wildman–Crippen LogP) is 7.92. The van der Waals surface area contributed by atoms with Crippen molar-refractivity contribution in [3.05, 3.63) is 59.7 Å². The first-order valence-corrected chi connectivity index (χ1v) is 13.0. The van der Waals surface area contributed by atoms with E-state index in [-0.39, 0.29) is 5.54 Å². The van der Waals surface area contributed by atoms with Crippen molar-refractivity contribution in [3.63, 3.8) is 0 Å². The molecule has 32 heavy (non-hydrogen) atoms. The Hall–Kier alpha value is -1.96. The van der Waals surface area contributed by atoms with E-state index in [9.17, 15) is 0 Å². The highest BCUT2D eigenvalue weighted by Gasteiger charge is 2.39. The summed E-state index contributed by atoms with van der Waals surface area (Å²) in [4.78, 5) is 5.40. The molecule has 2 nitrogen and oxygen atoms in total. The van der Waals surface area contributed by atoms with Crippen molar-refractivity contribution >= 4 is 11.4 Å². The number of rotatable bonds is 6. The molecule has 0 bridgehead atoms. The molecule has 2 aromatic carbocycles. The van der Waals surface area contributed by atoms with E-state index in [4.69, 9.17) is 0 Å². The summed E-state index contributed by atoms with van der Waals surface area (Å²) in [5.41, 5.74) is 6.23. The molecular weight excluding hydrogens is 388 g/mol. The van der Waals surface area contributed by atoms with Gasteiger partial charge in [-0.1, -0.05) is 55.7 Å². The smallest absolute Gasteiger partial charge is 0.0427 e. The third kappa shape index (κ3) is 4.70. The highest BCUT2D eigenvalue weighted by Crippen LogP contribution is 2.42. The van der Waals surface area contributed by atoms with Crippen LogP contribution in [0.3, 0.4) is 0 Å². The van der Waals surface area contributed by atoms with E-state index in [0.29, 0.717) is 5.54 Å². The van der Waals surface area contributed by atoms with Crippen LogP contribution in [-0.2, 0) is 0 Å². The molecule has 2 saturated carbocycles. The van der Waals surface area contributed by atoms with E-state index in [1.807, 2.05) is 0 Å². The minimum atomic E-state index is 0.250. The van der Waals surface area contributed by atoms with Crippen LogP contribution in [0.15, 0.2) is 48.5 Å². The van der Waals surface area contributed by atoms with E-state index in [2.05, 4.69) is 93.1 Å². The Morgan fingerprint density at radius 1 is 0.750 bits per heavy atom. The molecule has 0 N–H and O–H groups in total. The summed E-state index contributed by atoms with van der Waals surface area (Å²) in [5, 5.41) is 0. The van der Waals surface area contributed by atoms with Crippen LogP contribution in [0.25, 0.3) is 0 Å². The second-order valence-electron chi connectivity index (χ2n) is 11.2. The van der Waals surface area contributed by atoms with Gasteiger partial charge in [-0.3, -0.25) is 0 Å². The van der Waals surface area contributed by atoms with Crippen LogP contribution < -0.4 is 9.80 Å². The number of anilines is 2. The fourth-order valence-electron chi connectivity index (χ4n) is 6.51. The molecule has 0 amide bonds. The first-order valence-electron chi connectivity index (χ1n) is 13.0. The van der Waals surface area contributed by atoms with E-state index >= 15 is 0 Å². The summed E-state index contributed by atoms with van der Waals surface area (Å²) < 4.78 is 0. The van der Waals surface area contributed by atoms with Gasteiger partial charge < -0.3 is 9.80 Å². The second kappa shape index (κ2) is 9.49. The lowest BCUT2D eigenvalue weighted by molar-refractivity contribution is 0.223. The van der Waals surface area contributed by atoms with Crippen molar-refractivity contribution in [3.8, 4) is 0 Å². The third-order valence-electron chi connectivity index (χ3n) is 8.86. The van der Waals surface area contributed by atoms with Gasteiger partial charge in [0.25, 0.3) is 0 Å². The first-order chi connectivity index (χ1) is 15.3. The molecule has 0 aliphatic heterocycles. The van der Waals surface area contributed by atoms with Crippen molar-refractivity contribution in [2.24, 2.45) is 5.92 Å². The predicted molar refractivity (Wildman–Crippen MR) is 140 cm³/mol. The van der Waals surface area contributed by atoms with Gasteiger partial charge in [0.1, 0.15) is 0 Å². The van der Waals surface area contributed by atoms with Gasteiger partial charge in [0.2, 0.25) is 0 Å². The summed E-state index contributed by atoms with van der Waals surface area (Å²) in [6, 6.07) is 18.0. The molecule has 2 aromatic rings. The zero-order valence-corrected chi connectivity index (χ0v) is 21.2. The van der Waals surface area contributed by atoms with Crippen LogP contribution in [0.4, 0.5) is 11.4 Å². The Morgan fingerprint density at radius 2 is 1.34 bits per heavy atom. The molecule has 0 aromatic heterocycles. The van der Waals surface area contributed by atoms with Gasteiger partial charge in [0, 0.05) is 36.0 Å². The molecule has 2 aliphatic carbocycles. The van der Waals surface area contributed by atoms with Gasteiger partial charge in [-0.15, -0.1) is 0 Å². The summed E-state index contributed by atoms with van der Waals surface area (Å²) in [5.74, 6) is 0.786. The van der Waals surface area contributed by atoms with Gasteiger partial charge in [-0.05, 0) is 95.4 Å². The van der Waals surface area contributed by atoms with E-state index in [0.717, 1.165) is 5.92 Å². The SMILES string of the molecule is Cc1cccc(C)c1N(C)C1(C)CCC(CN(c2ccccc2)C2(C)CCCCC2)CC1. The zero-order valence-electron chi connectivity index (χ0n) is 21.2. The van der Waals surface area contributed by atoms with Gasteiger partial charge >= 0.3 is 0 Å². The molecule has 0 radical (unpaired) electrons. The van der Waals surface area contributed by atoms with Crippen LogP contribution in [0.5, 0.6) is 0 Å². The van der Waals surface area contributed by atoms with Gasteiger partial charge in [0.05, 0.1) is 0 Å². The molecule has 174 valence electrons. The molecule has 4 rings (SSSR count). The molecule has 2 fully saturated rings. The molecule has 0 atom stereocenters. The largest absolute Gasteiger partial charge is 0.369 e. The Kier molecular flexibility index (Phi) is 6.89. The Bertz CT molecular complexity index is 853. The maximum Gasteiger partial charge on any atom is 0.0427 e. The van der Waals surface area contributed by atoms with E-state index in [1.165, 1.54) is 86.8 Å². The zero-order chi connectivity index (χ0) is 22.8. The normalized spacial score (nSPS) is 25.3. The van der Waals surface area contributed by atoms with Crippen molar-refractivity contribution in [2.75, 3.05) is 23.4 Å². The maximum atomic E-state index is 2.80. The molecule has 0 saturated heterocycles. The minimum absolute atomic E-state index is 0.250. The average molecular weight is 433 g/mol. The molecule has 2 heteroatoms. The van der Waals surface area contributed by atoms with E-state index < -0.39 is 0 Å².